The van der Waals surface area contributed by atoms with Crippen LogP contribution in [0.5, 0.6) is 23.0 Å². The minimum absolute atomic E-state index is 0. The minimum Gasteiger partial charge on any atom is -0.872 e. The van der Waals surface area contributed by atoms with Gasteiger partial charge >= 0.3 is 111 Å². The quantitative estimate of drug-likeness (QED) is 0.0215. The van der Waals surface area contributed by atoms with E-state index in [-0.39, 0.29) is 134 Å². The molecule has 0 bridgehead atoms. The summed E-state index contributed by atoms with van der Waals surface area (Å²) in [4.78, 5) is 80.2. The van der Waals surface area contributed by atoms with Crippen molar-refractivity contribution in [2.75, 3.05) is 79.3 Å². The molecule has 0 aromatic heterocycles. The summed E-state index contributed by atoms with van der Waals surface area (Å²) in [6.07, 6.45) is 5.70. The molecule has 7 aromatic carbocycles. The van der Waals surface area contributed by atoms with Gasteiger partial charge in [0.1, 0.15) is 0 Å². The smallest absolute Gasteiger partial charge is 0.872 e. The Morgan fingerprint density at radius 2 is 0.413 bits per heavy atom. The van der Waals surface area contributed by atoms with Gasteiger partial charge in [-0.1, -0.05) is 97.1 Å². The van der Waals surface area contributed by atoms with E-state index in [4.69, 9.17) is 0 Å². The first-order chi connectivity index (χ1) is 48.3. The predicted octanol–water partition coefficient (Wildman–Crippen LogP) is 11.7. The van der Waals surface area contributed by atoms with E-state index < -0.39 is 51.6 Å². The van der Waals surface area contributed by atoms with Crippen LogP contribution in [-0.4, -0.2) is 104 Å². The number of rotatable bonds is 32. The number of benzene rings is 5. The fourth-order valence-electron chi connectivity index (χ4n) is 6.00. The molecule has 26 nitrogen and oxygen atoms in total. The van der Waals surface area contributed by atoms with Gasteiger partial charge in [-0.05, 0) is 117 Å². The van der Waals surface area contributed by atoms with Crippen LogP contribution < -0.4 is 49.8 Å². The van der Waals surface area contributed by atoms with Crippen LogP contribution >= 0.6 is 51.6 Å². The van der Waals surface area contributed by atoms with Gasteiger partial charge < -0.3 is 104 Å². The van der Waals surface area contributed by atoms with Gasteiger partial charge in [-0.2, -0.15) is 36.4 Å². The molecule has 0 saturated heterocycles. The second kappa shape index (κ2) is 80.6. The fourth-order valence-corrected chi connectivity index (χ4v) is 8.98. The largest absolute Gasteiger partial charge is 3.00 e. The molecular formula is C68H92Co2N4O22P6Tb2. The van der Waals surface area contributed by atoms with Crippen LogP contribution in [0.3, 0.4) is 0 Å². The topological polar surface area (TPSA) is 391 Å². The van der Waals surface area contributed by atoms with E-state index in [1.807, 2.05) is 60.7 Å². The molecule has 36 heteroatoms. The molecule has 7 rings (SSSR count). The molecule has 104 heavy (non-hydrogen) atoms. The van der Waals surface area contributed by atoms with E-state index in [0.717, 1.165) is 0 Å². The van der Waals surface area contributed by atoms with Crippen LogP contribution in [0, 0.1) is 77.2 Å². The molecule has 0 heterocycles. The minimum atomic E-state index is -1.83. The third kappa shape index (κ3) is 63.9. The first-order valence-corrected chi connectivity index (χ1v) is 38.0. The van der Waals surface area contributed by atoms with Gasteiger partial charge in [0.05, 0.1) is 74.4 Å². The van der Waals surface area contributed by atoms with Gasteiger partial charge in [-0.15, -0.1) is 23.0 Å². The number of hydrogen-bond acceptors (Lipinski definition) is 26. The summed E-state index contributed by atoms with van der Waals surface area (Å²) < 4.78 is 54.8. The Morgan fingerprint density at radius 1 is 0.269 bits per heavy atom. The zero-order valence-corrected chi connectivity index (χ0v) is 71.5. The molecule has 0 atom stereocenters. The Morgan fingerprint density at radius 3 is 0.529 bits per heavy atom. The Bertz CT molecular complexity index is 2650. The molecule has 0 spiro atoms. The van der Waals surface area contributed by atoms with Crippen LogP contribution in [0.25, 0.3) is 0 Å². The molecule has 0 unspecified atom stereocenters. The van der Waals surface area contributed by atoms with E-state index in [0.29, 0.717) is 124 Å². The van der Waals surface area contributed by atoms with Gasteiger partial charge in [0, 0.05) is 104 Å². The molecule has 0 N–H and O–H groups in total. The van der Waals surface area contributed by atoms with E-state index in [1.165, 1.54) is 49.1 Å². The van der Waals surface area contributed by atoms with Crippen LogP contribution in [0.1, 0.15) is 105 Å². The summed E-state index contributed by atoms with van der Waals surface area (Å²) in [5, 5.41) is 49.1. The maximum absolute atomic E-state index is 12.3. The summed E-state index contributed by atoms with van der Waals surface area (Å²) in [5.41, 5.74) is 2.83. The van der Waals surface area contributed by atoms with E-state index in [1.54, 1.807) is 168 Å². The van der Waals surface area contributed by atoms with Crippen molar-refractivity contribution in [3.05, 3.63) is 192 Å². The molecule has 0 fully saturated rings. The zero-order valence-electron chi connectivity index (χ0n) is 59.7. The first kappa shape index (κ1) is 113. The van der Waals surface area contributed by atoms with E-state index >= 15 is 0 Å². The van der Waals surface area contributed by atoms with Crippen molar-refractivity contribution in [1.82, 2.24) is 0 Å². The van der Waals surface area contributed by atoms with Gasteiger partial charge in [0.2, 0.25) is 0 Å². The summed E-state index contributed by atoms with van der Waals surface area (Å²) in [5.74, 6) is -0.799. The van der Waals surface area contributed by atoms with E-state index in [2.05, 4.69) is 74.3 Å². The van der Waals surface area contributed by atoms with Crippen LogP contribution in [-0.2, 0) is 87.8 Å². The van der Waals surface area contributed by atoms with Crippen molar-refractivity contribution in [2.24, 2.45) is 20.0 Å². The zero-order chi connectivity index (χ0) is 74.8. The molecule has 0 radical (unpaired) electrons. The van der Waals surface area contributed by atoms with E-state index in [9.17, 15) is 49.8 Å². The van der Waals surface area contributed by atoms with Gasteiger partial charge in [-0.3, -0.25) is 20.0 Å². The summed E-state index contributed by atoms with van der Waals surface area (Å²) in [6.45, 7) is 26.5. The normalized spacial score (nSPS) is 10.4. The second-order valence-corrected chi connectivity index (χ2v) is 23.1. The van der Waals surface area contributed by atoms with Crippen molar-refractivity contribution in [3.8, 4) is 23.0 Å². The second-order valence-electron chi connectivity index (χ2n) is 17.3. The van der Waals surface area contributed by atoms with Gasteiger partial charge in [0.15, 0.2) is 0 Å². The van der Waals surface area contributed by atoms with Crippen LogP contribution in [0.15, 0.2) is 190 Å². The van der Waals surface area contributed by atoms with Crippen molar-refractivity contribution >= 4 is 99.2 Å². The van der Waals surface area contributed by atoms with Crippen molar-refractivity contribution in [3.63, 3.8) is 0 Å². The van der Waals surface area contributed by atoms with Gasteiger partial charge in [-0.25, -0.2) is 24.3 Å². The predicted molar refractivity (Wildman–Crippen MR) is 384 cm³/mol. The average molecular weight is 1940 g/mol. The monoisotopic (exact) mass is 1940 g/mol. The first-order valence-electron chi connectivity index (χ1n) is 31.4. The number of hydrogen-bond donors (Lipinski definition) is 0. The SMILES string of the molecule is CCOP([O-])OCC.CCOP([O-])OCC.CCOP([O-])OCC.CCOP([O-])OCC.CCOP([O-])OCC.CCOP([O-])OCC.[Co+3].[Co+3].[O-]c1ccccc1C=Nc1cc(N=Cc2ccccc2[O-])c(N=Cc2ccccc2[O-])cc1N=Cc1ccccc1[O-].[Tb+3].[Tb+3].c1cc[cH-]c1.c1cc[cH-]c1. The molecule has 0 aliphatic carbocycles. The molecule has 7 aromatic rings. The summed E-state index contributed by atoms with van der Waals surface area (Å²) >= 11 is 0. The fraction of sp³-hybridized carbons (Fsp3) is 0.353. The van der Waals surface area contributed by atoms with Crippen molar-refractivity contribution in [2.45, 2.75) is 83.1 Å². The van der Waals surface area contributed by atoms with Crippen LogP contribution in [0.2, 0.25) is 0 Å². The Labute approximate surface area is 704 Å². The number of para-hydroxylation sites is 4. The third-order valence-corrected chi connectivity index (χ3v) is 15.7. The molecule has 0 amide bonds. The third-order valence-electron chi connectivity index (χ3n) is 10.0. The molecule has 582 valence electrons. The maximum Gasteiger partial charge on any atom is 3.00 e. The molecule has 0 saturated carbocycles. The Hall–Kier alpha value is -1.88. The number of aliphatic imine (C=N–C) groups is 4. The summed E-state index contributed by atoms with van der Waals surface area (Å²) in [7, 11) is -11.0. The molecular weight excluding hydrogens is 1850 g/mol. The van der Waals surface area contributed by atoms with Crippen LogP contribution in [0.4, 0.5) is 22.7 Å². The average Bonchev–Trinajstić information content (AvgIpc) is 0.898. The van der Waals surface area contributed by atoms with Crippen molar-refractivity contribution in [1.29, 1.82) is 0 Å². The Balaban J connectivity index is -0.000000314. The van der Waals surface area contributed by atoms with Crippen molar-refractivity contribution < 1.29 is 215 Å². The molecule has 0 aliphatic rings. The maximum atomic E-state index is 12.3. The van der Waals surface area contributed by atoms with Gasteiger partial charge in [0.25, 0.3) is 0 Å². The number of nitrogens with zero attached hydrogens (tertiary/aromatic N) is 4. The summed E-state index contributed by atoms with van der Waals surface area (Å²) in [6, 6.07) is 49.0. The molecule has 0 aliphatic heterocycles. The standard InChI is InChI=1S/C34H26N4O4.2C5H5.6C4H10O3P.2Co.2Tb/c39-31-13-5-1-9-23(31)19-35-27-17-29(37-21-25-11-3-7-15-33(25)41)30(38-22-26-12-4-8-16-34(26)42)18-28(27)36-20-24-10-2-6-14-32(24)40;2*1-2-4-5-3-1;6*1-3-6-8(5)7-4-2;;;;/h1-22,39-42H;2*1-5H;6*3-4H2,1-2H3;;;;/q;8*-1;4*+3/p-4. The Kier molecular flexibility index (Phi) is 87.6.